The van der Waals surface area contributed by atoms with Gasteiger partial charge in [0.2, 0.25) is 0 Å². The van der Waals surface area contributed by atoms with E-state index in [1.165, 1.54) is 18.4 Å². The average Bonchev–Trinajstić information content (AvgIpc) is 3.10. The third-order valence-electron chi connectivity index (χ3n) is 4.37. The number of nitrogens with zero attached hydrogens (tertiary/aromatic N) is 1. The Morgan fingerprint density at radius 3 is 2.69 bits per heavy atom. The van der Waals surface area contributed by atoms with Crippen LogP contribution in [0.1, 0.15) is 25.3 Å². The van der Waals surface area contributed by atoms with E-state index in [1.54, 1.807) is 25.1 Å². The number of halogens is 2. The van der Waals surface area contributed by atoms with Gasteiger partial charge in [-0.15, -0.1) is 0 Å². The molecule has 1 amide bonds. The molecule has 0 bridgehead atoms. The molecule has 2 aromatic carbocycles. The van der Waals surface area contributed by atoms with Crippen LogP contribution in [0, 0.1) is 0 Å². The van der Waals surface area contributed by atoms with E-state index in [-0.39, 0.29) is 5.91 Å². The summed E-state index contributed by atoms with van der Waals surface area (Å²) in [5.41, 5.74) is 1.96. The standard InChI is InChI=1S/C20H22Cl2N2O2/c1-14(26-19-8-7-16(21)12-18(19)22)20(25)23-17-6-4-5-15(11-17)13-24-9-2-3-10-24/h4-8,11-12,14H,2-3,9-10,13H2,1H3,(H,23,25). The summed E-state index contributed by atoms with van der Waals surface area (Å²) >= 11 is 12.0. The van der Waals surface area contributed by atoms with Gasteiger partial charge in [0.15, 0.2) is 6.10 Å². The van der Waals surface area contributed by atoms with Crippen molar-refractivity contribution in [1.29, 1.82) is 0 Å². The largest absolute Gasteiger partial charge is 0.479 e. The normalized spacial score (nSPS) is 15.7. The van der Waals surface area contributed by atoms with E-state index in [1.807, 2.05) is 18.2 Å². The monoisotopic (exact) mass is 392 g/mol. The van der Waals surface area contributed by atoms with Crippen LogP contribution in [0.3, 0.4) is 0 Å². The molecule has 2 aromatic rings. The van der Waals surface area contributed by atoms with Crippen LogP contribution in [0.15, 0.2) is 42.5 Å². The number of hydrogen-bond acceptors (Lipinski definition) is 3. The van der Waals surface area contributed by atoms with E-state index in [0.29, 0.717) is 15.8 Å². The van der Waals surface area contributed by atoms with Crippen LogP contribution in [-0.2, 0) is 11.3 Å². The lowest BCUT2D eigenvalue weighted by Crippen LogP contribution is -2.30. The van der Waals surface area contributed by atoms with Crippen molar-refractivity contribution in [3.8, 4) is 5.75 Å². The van der Waals surface area contributed by atoms with Gasteiger partial charge in [0.1, 0.15) is 5.75 Å². The minimum Gasteiger partial charge on any atom is -0.479 e. The smallest absolute Gasteiger partial charge is 0.265 e. The number of carbonyl (C=O) groups excluding carboxylic acids is 1. The topological polar surface area (TPSA) is 41.6 Å². The van der Waals surface area contributed by atoms with Gasteiger partial charge in [-0.2, -0.15) is 0 Å². The number of nitrogens with one attached hydrogen (secondary N) is 1. The van der Waals surface area contributed by atoms with Gasteiger partial charge >= 0.3 is 0 Å². The van der Waals surface area contributed by atoms with Gasteiger partial charge in [0.05, 0.1) is 5.02 Å². The third kappa shape index (κ3) is 5.13. The van der Waals surface area contributed by atoms with E-state index in [9.17, 15) is 4.79 Å². The van der Waals surface area contributed by atoms with Crippen LogP contribution < -0.4 is 10.1 Å². The predicted molar refractivity (Wildman–Crippen MR) is 106 cm³/mol. The summed E-state index contributed by atoms with van der Waals surface area (Å²) in [5, 5.41) is 3.81. The number of likely N-dealkylation sites (tertiary alicyclic amines) is 1. The molecule has 1 unspecified atom stereocenters. The number of ether oxygens (including phenoxy) is 1. The zero-order valence-corrected chi connectivity index (χ0v) is 16.2. The molecule has 0 saturated carbocycles. The van der Waals surface area contributed by atoms with Crippen molar-refractivity contribution in [3.05, 3.63) is 58.1 Å². The number of anilines is 1. The number of carbonyl (C=O) groups is 1. The Morgan fingerprint density at radius 2 is 1.96 bits per heavy atom. The molecule has 1 aliphatic rings. The molecule has 26 heavy (non-hydrogen) atoms. The second-order valence-corrected chi connectivity index (χ2v) is 7.35. The zero-order valence-electron chi connectivity index (χ0n) is 14.7. The Balaban J connectivity index is 1.59. The van der Waals surface area contributed by atoms with Crippen LogP contribution in [0.2, 0.25) is 10.0 Å². The number of hydrogen-bond donors (Lipinski definition) is 1. The minimum atomic E-state index is -0.684. The van der Waals surface area contributed by atoms with Crippen LogP contribution in [0.4, 0.5) is 5.69 Å². The fraction of sp³-hybridized carbons (Fsp3) is 0.350. The summed E-state index contributed by atoms with van der Waals surface area (Å²) in [6.07, 6.45) is 1.84. The number of rotatable bonds is 6. The zero-order chi connectivity index (χ0) is 18.5. The lowest BCUT2D eigenvalue weighted by atomic mass is 10.2. The lowest BCUT2D eigenvalue weighted by molar-refractivity contribution is -0.122. The molecule has 1 fully saturated rings. The van der Waals surface area contributed by atoms with Gasteiger partial charge in [-0.05, 0) is 68.8 Å². The molecule has 0 radical (unpaired) electrons. The molecule has 0 aromatic heterocycles. The van der Waals surface area contributed by atoms with Crippen molar-refractivity contribution in [2.75, 3.05) is 18.4 Å². The highest BCUT2D eigenvalue weighted by molar-refractivity contribution is 6.35. The highest BCUT2D eigenvalue weighted by atomic mass is 35.5. The molecule has 0 spiro atoms. The highest BCUT2D eigenvalue weighted by Crippen LogP contribution is 2.28. The third-order valence-corrected chi connectivity index (χ3v) is 4.90. The van der Waals surface area contributed by atoms with Gasteiger partial charge < -0.3 is 10.1 Å². The van der Waals surface area contributed by atoms with Crippen molar-refractivity contribution in [2.24, 2.45) is 0 Å². The van der Waals surface area contributed by atoms with Gasteiger partial charge in [-0.1, -0.05) is 35.3 Å². The van der Waals surface area contributed by atoms with E-state index in [0.717, 1.165) is 25.3 Å². The molecule has 4 nitrogen and oxygen atoms in total. The quantitative estimate of drug-likeness (QED) is 0.752. The summed E-state index contributed by atoms with van der Waals surface area (Å²) in [5.74, 6) is 0.204. The number of amides is 1. The predicted octanol–water partition coefficient (Wildman–Crippen LogP) is 5.00. The lowest BCUT2D eigenvalue weighted by Gasteiger charge is -2.17. The SMILES string of the molecule is CC(Oc1ccc(Cl)cc1Cl)C(=O)Nc1cccc(CN2CCCC2)c1. The van der Waals surface area contributed by atoms with Gasteiger partial charge in [-0.3, -0.25) is 9.69 Å². The van der Waals surface area contributed by atoms with Crippen molar-refractivity contribution >= 4 is 34.8 Å². The molecular weight excluding hydrogens is 371 g/mol. The van der Waals surface area contributed by atoms with Gasteiger partial charge in [-0.25, -0.2) is 0 Å². The molecule has 1 saturated heterocycles. The first kappa shape index (κ1) is 19.0. The van der Waals surface area contributed by atoms with Crippen LogP contribution in [-0.4, -0.2) is 30.0 Å². The van der Waals surface area contributed by atoms with E-state index in [2.05, 4.69) is 16.3 Å². The molecule has 1 N–H and O–H groups in total. The van der Waals surface area contributed by atoms with Crippen LogP contribution >= 0.6 is 23.2 Å². The fourth-order valence-corrected chi connectivity index (χ4v) is 3.46. The molecule has 3 rings (SSSR count). The minimum absolute atomic E-state index is 0.227. The second-order valence-electron chi connectivity index (χ2n) is 6.51. The summed E-state index contributed by atoms with van der Waals surface area (Å²) in [7, 11) is 0. The molecule has 138 valence electrons. The van der Waals surface area contributed by atoms with Gasteiger partial charge in [0.25, 0.3) is 5.91 Å². The van der Waals surface area contributed by atoms with E-state index < -0.39 is 6.10 Å². The molecule has 1 heterocycles. The molecule has 6 heteroatoms. The summed E-state index contributed by atoms with van der Waals surface area (Å²) < 4.78 is 5.66. The number of benzene rings is 2. The maximum atomic E-state index is 12.4. The second kappa shape index (κ2) is 8.76. The molecular formula is C20H22Cl2N2O2. The molecule has 1 atom stereocenters. The summed E-state index contributed by atoms with van der Waals surface area (Å²) in [6, 6.07) is 12.9. The van der Waals surface area contributed by atoms with Crippen LogP contribution in [0.5, 0.6) is 5.75 Å². The van der Waals surface area contributed by atoms with Gasteiger partial charge in [0, 0.05) is 17.3 Å². The molecule has 1 aliphatic heterocycles. The Morgan fingerprint density at radius 1 is 1.19 bits per heavy atom. The fourth-order valence-electron chi connectivity index (χ4n) is 3.01. The first-order chi connectivity index (χ1) is 12.5. The maximum absolute atomic E-state index is 12.4. The highest BCUT2D eigenvalue weighted by Gasteiger charge is 2.17. The van der Waals surface area contributed by atoms with Crippen molar-refractivity contribution in [1.82, 2.24) is 4.90 Å². The van der Waals surface area contributed by atoms with E-state index in [4.69, 9.17) is 27.9 Å². The van der Waals surface area contributed by atoms with Crippen molar-refractivity contribution < 1.29 is 9.53 Å². The maximum Gasteiger partial charge on any atom is 0.265 e. The summed E-state index contributed by atoms with van der Waals surface area (Å²) in [4.78, 5) is 14.9. The Bertz CT molecular complexity index is 776. The first-order valence-corrected chi connectivity index (χ1v) is 9.51. The Labute approximate surface area is 164 Å². The Hall–Kier alpha value is -1.75. The van der Waals surface area contributed by atoms with Crippen LogP contribution in [0.25, 0.3) is 0 Å². The van der Waals surface area contributed by atoms with E-state index >= 15 is 0 Å². The average molecular weight is 393 g/mol. The summed E-state index contributed by atoms with van der Waals surface area (Å²) in [6.45, 7) is 4.89. The Kier molecular flexibility index (Phi) is 6.41. The molecule has 0 aliphatic carbocycles. The van der Waals surface area contributed by atoms with Crippen molar-refractivity contribution in [2.45, 2.75) is 32.4 Å². The van der Waals surface area contributed by atoms with Crippen molar-refractivity contribution in [3.63, 3.8) is 0 Å². The first-order valence-electron chi connectivity index (χ1n) is 8.75.